The molecular weight excluding hydrogens is 182 g/mol. The molecule has 14 heavy (non-hydrogen) atoms. The summed E-state index contributed by atoms with van der Waals surface area (Å²) in [5.41, 5.74) is 0. The van der Waals surface area contributed by atoms with Gasteiger partial charge in [-0.2, -0.15) is 0 Å². The number of carbonyl (C=O) groups excluding carboxylic acids is 1. The lowest BCUT2D eigenvalue weighted by molar-refractivity contribution is -0.137. The third-order valence-corrected chi connectivity index (χ3v) is 2.53. The number of nitrogens with one attached hydrogen (secondary N) is 1. The number of amides is 1. The largest absolute Gasteiger partial charge is 0.481 e. The Hall–Kier alpha value is -1.06. The maximum Gasteiger partial charge on any atom is 0.303 e. The van der Waals surface area contributed by atoms with Crippen LogP contribution in [0.25, 0.3) is 0 Å². The van der Waals surface area contributed by atoms with Crippen molar-refractivity contribution in [1.82, 2.24) is 5.32 Å². The number of carboxylic acids is 1. The highest BCUT2D eigenvalue weighted by atomic mass is 16.4. The second-order valence-electron chi connectivity index (χ2n) is 3.80. The smallest absolute Gasteiger partial charge is 0.303 e. The molecule has 2 N–H and O–H groups in total. The lowest BCUT2D eigenvalue weighted by Gasteiger charge is -2.20. The third kappa shape index (κ3) is 4.25. The number of carboxylic acid groups (broad SMARTS) is 1. The summed E-state index contributed by atoms with van der Waals surface area (Å²) in [6, 6.07) is 0.0684. The Morgan fingerprint density at radius 3 is 2.93 bits per heavy atom. The zero-order valence-corrected chi connectivity index (χ0v) is 8.29. The van der Waals surface area contributed by atoms with E-state index in [1.54, 1.807) is 0 Å². The molecule has 0 saturated carbocycles. The van der Waals surface area contributed by atoms with E-state index in [-0.39, 0.29) is 18.4 Å². The van der Waals surface area contributed by atoms with E-state index in [0.29, 0.717) is 12.8 Å². The summed E-state index contributed by atoms with van der Waals surface area (Å²) >= 11 is 0. The maximum absolute atomic E-state index is 11.2. The van der Waals surface area contributed by atoms with Crippen LogP contribution in [0, 0.1) is 0 Å². The third-order valence-electron chi connectivity index (χ3n) is 2.53. The SMILES string of the molecule is O=C(O)CCC1CCCCCC(=O)N1. The molecule has 0 radical (unpaired) electrons. The molecule has 1 unspecified atom stereocenters. The number of hydrogen-bond acceptors (Lipinski definition) is 2. The van der Waals surface area contributed by atoms with Gasteiger partial charge in [0.25, 0.3) is 0 Å². The highest BCUT2D eigenvalue weighted by Crippen LogP contribution is 2.13. The van der Waals surface area contributed by atoms with Gasteiger partial charge < -0.3 is 10.4 Å². The first-order chi connectivity index (χ1) is 6.68. The summed E-state index contributed by atoms with van der Waals surface area (Å²) in [7, 11) is 0. The lowest BCUT2D eigenvalue weighted by Crippen LogP contribution is -2.36. The van der Waals surface area contributed by atoms with Gasteiger partial charge in [0.2, 0.25) is 5.91 Å². The molecule has 1 fully saturated rings. The summed E-state index contributed by atoms with van der Waals surface area (Å²) in [4.78, 5) is 21.6. The standard InChI is InChI=1S/C10H17NO3/c12-9-5-3-1-2-4-8(11-9)6-7-10(13)14/h8H,1-7H2,(H,11,12)(H,13,14). The molecule has 1 aliphatic heterocycles. The van der Waals surface area contributed by atoms with Crippen LogP contribution in [0.5, 0.6) is 0 Å². The monoisotopic (exact) mass is 199 g/mol. The van der Waals surface area contributed by atoms with Crippen molar-refractivity contribution in [2.75, 3.05) is 0 Å². The van der Waals surface area contributed by atoms with Crippen molar-refractivity contribution in [2.24, 2.45) is 0 Å². The van der Waals surface area contributed by atoms with E-state index >= 15 is 0 Å². The fourth-order valence-electron chi connectivity index (χ4n) is 1.74. The van der Waals surface area contributed by atoms with E-state index in [1.165, 1.54) is 0 Å². The van der Waals surface area contributed by atoms with Crippen molar-refractivity contribution >= 4 is 11.9 Å². The molecule has 80 valence electrons. The summed E-state index contributed by atoms with van der Waals surface area (Å²) in [6.45, 7) is 0. The first-order valence-electron chi connectivity index (χ1n) is 5.19. The van der Waals surface area contributed by atoms with Crippen molar-refractivity contribution in [3.8, 4) is 0 Å². The van der Waals surface area contributed by atoms with Gasteiger partial charge >= 0.3 is 5.97 Å². The van der Waals surface area contributed by atoms with Gasteiger partial charge in [0.15, 0.2) is 0 Å². The van der Waals surface area contributed by atoms with Gasteiger partial charge in [-0.3, -0.25) is 9.59 Å². The number of carbonyl (C=O) groups is 2. The van der Waals surface area contributed by atoms with Crippen molar-refractivity contribution in [3.05, 3.63) is 0 Å². The molecule has 1 atom stereocenters. The molecular formula is C10H17NO3. The van der Waals surface area contributed by atoms with Crippen LogP contribution in [0.2, 0.25) is 0 Å². The van der Waals surface area contributed by atoms with Crippen molar-refractivity contribution in [1.29, 1.82) is 0 Å². The minimum atomic E-state index is -0.790. The van der Waals surface area contributed by atoms with Gasteiger partial charge in [-0.25, -0.2) is 0 Å². The van der Waals surface area contributed by atoms with Crippen molar-refractivity contribution in [2.45, 2.75) is 51.0 Å². The number of rotatable bonds is 3. The van der Waals surface area contributed by atoms with Crippen LogP contribution in [-0.2, 0) is 9.59 Å². The van der Waals surface area contributed by atoms with Gasteiger partial charge in [0.1, 0.15) is 0 Å². The predicted molar refractivity (Wildman–Crippen MR) is 51.9 cm³/mol. The number of hydrogen-bond donors (Lipinski definition) is 2. The molecule has 0 bridgehead atoms. The average Bonchev–Trinajstić information content (AvgIpc) is 2.08. The number of aliphatic carboxylic acids is 1. The summed E-state index contributed by atoms with van der Waals surface area (Å²) in [5.74, 6) is -0.721. The van der Waals surface area contributed by atoms with Crippen LogP contribution >= 0.6 is 0 Å². The Kier molecular flexibility index (Phi) is 4.43. The van der Waals surface area contributed by atoms with Gasteiger partial charge in [-0.1, -0.05) is 12.8 Å². The quantitative estimate of drug-likeness (QED) is 0.720. The van der Waals surface area contributed by atoms with E-state index in [0.717, 1.165) is 25.7 Å². The van der Waals surface area contributed by atoms with Gasteiger partial charge in [-0.15, -0.1) is 0 Å². The van der Waals surface area contributed by atoms with Gasteiger partial charge in [-0.05, 0) is 19.3 Å². The second-order valence-corrected chi connectivity index (χ2v) is 3.80. The van der Waals surface area contributed by atoms with E-state index in [9.17, 15) is 9.59 Å². The molecule has 0 aliphatic carbocycles. The molecule has 4 heteroatoms. The van der Waals surface area contributed by atoms with E-state index in [1.807, 2.05) is 0 Å². The molecule has 1 aliphatic rings. The molecule has 1 amide bonds. The second kappa shape index (κ2) is 5.62. The fraction of sp³-hybridized carbons (Fsp3) is 0.800. The minimum Gasteiger partial charge on any atom is -0.481 e. The van der Waals surface area contributed by atoms with Gasteiger partial charge in [0.05, 0.1) is 0 Å². The molecule has 1 heterocycles. The Bertz CT molecular complexity index is 215. The summed E-state index contributed by atoms with van der Waals surface area (Å²) in [5, 5.41) is 11.4. The van der Waals surface area contributed by atoms with Crippen LogP contribution in [0.1, 0.15) is 44.9 Å². The molecule has 0 aromatic rings. The first-order valence-corrected chi connectivity index (χ1v) is 5.19. The summed E-state index contributed by atoms with van der Waals surface area (Å²) in [6.07, 6.45) is 5.33. The van der Waals surface area contributed by atoms with Crippen LogP contribution < -0.4 is 5.32 Å². The molecule has 0 aromatic heterocycles. The Morgan fingerprint density at radius 1 is 1.43 bits per heavy atom. The van der Waals surface area contributed by atoms with Crippen LogP contribution in [0.3, 0.4) is 0 Å². The van der Waals surface area contributed by atoms with Gasteiger partial charge in [0, 0.05) is 18.9 Å². The highest BCUT2D eigenvalue weighted by molar-refractivity contribution is 5.76. The predicted octanol–water partition coefficient (Wildman–Crippen LogP) is 1.30. The van der Waals surface area contributed by atoms with Crippen molar-refractivity contribution in [3.63, 3.8) is 0 Å². The maximum atomic E-state index is 11.2. The molecule has 0 aromatic carbocycles. The zero-order valence-electron chi connectivity index (χ0n) is 8.29. The normalized spacial score (nSPS) is 23.4. The van der Waals surface area contributed by atoms with Crippen LogP contribution in [0.15, 0.2) is 0 Å². The average molecular weight is 199 g/mol. The Labute approximate surface area is 83.7 Å². The van der Waals surface area contributed by atoms with Crippen molar-refractivity contribution < 1.29 is 14.7 Å². The Morgan fingerprint density at radius 2 is 2.21 bits per heavy atom. The van der Waals surface area contributed by atoms with E-state index in [2.05, 4.69) is 5.32 Å². The molecule has 1 saturated heterocycles. The summed E-state index contributed by atoms with van der Waals surface area (Å²) < 4.78 is 0. The minimum absolute atomic E-state index is 0.0684. The van der Waals surface area contributed by atoms with E-state index in [4.69, 9.17) is 5.11 Å². The first kappa shape index (κ1) is 11.0. The van der Waals surface area contributed by atoms with E-state index < -0.39 is 5.97 Å². The zero-order chi connectivity index (χ0) is 10.4. The Balaban J connectivity index is 2.32. The van der Waals surface area contributed by atoms with Crippen LogP contribution in [-0.4, -0.2) is 23.0 Å². The molecule has 4 nitrogen and oxygen atoms in total. The molecule has 0 spiro atoms. The van der Waals surface area contributed by atoms with Crippen LogP contribution in [0.4, 0.5) is 0 Å². The highest BCUT2D eigenvalue weighted by Gasteiger charge is 2.15. The fourth-order valence-corrected chi connectivity index (χ4v) is 1.74. The topological polar surface area (TPSA) is 66.4 Å². The lowest BCUT2D eigenvalue weighted by atomic mass is 10.00. The molecule has 1 rings (SSSR count).